The van der Waals surface area contributed by atoms with Crippen LogP contribution in [0.2, 0.25) is 0 Å². The van der Waals surface area contributed by atoms with Gasteiger partial charge in [0.2, 0.25) is 5.82 Å². The van der Waals surface area contributed by atoms with Crippen molar-refractivity contribution in [1.29, 1.82) is 0 Å². The Morgan fingerprint density at radius 3 is 2.58 bits per heavy atom. The van der Waals surface area contributed by atoms with Gasteiger partial charge < -0.3 is 0 Å². The van der Waals surface area contributed by atoms with Crippen molar-refractivity contribution in [3.63, 3.8) is 0 Å². The molecule has 0 amide bonds. The van der Waals surface area contributed by atoms with Crippen molar-refractivity contribution in [3.8, 4) is 22.6 Å². The average Bonchev–Trinajstić information content (AvgIpc) is 3.28. The first-order chi connectivity index (χ1) is 11.8. The first-order valence-electron chi connectivity index (χ1n) is 7.44. The summed E-state index contributed by atoms with van der Waals surface area (Å²) in [5, 5.41) is 18.4. The fourth-order valence-electron chi connectivity index (χ4n) is 2.50. The lowest BCUT2D eigenvalue weighted by Gasteiger charge is -2.07. The van der Waals surface area contributed by atoms with Crippen LogP contribution in [0.5, 0.6) is 0 Å². The first kappa shape index (κ1) is 14.2. The summed E-state index contributed by atoms with van der Waals surface area (Å²) in [4.78, 5) is 8.71. The number of hydrogen-bond acceptors (Lipinski definition) is 6. The van der Waals surface area contributed by atoms with Crippen molar-refractivity contribution in [1.82, 2.24) is 40.4 Å². The Bertz CT molecular complexity index is 940. The van der Waals surface area contributed by atoms with E-state index in [2.05, 4.69) is 35.7 Å². The molecule has 1 N–H and O–H groups in total. The molecule has 1 aromatic carbocycles. The maximum atomic E-state index is 4.58. The van der Waals surface area contributed by atoms with Gasteiger partial charge in [0.1, 0.15) is 12.2 Å². The number of aromatic nitrogens is 8. The van der Waals surface area contributed by atoms with Crippen molar-refractivity contribution < 1.29 is 0 Å². The number of pyridine rings is 1. The van der Waals surface area contributed by atoms with E-state index in [4.69, 9.17) is 0 Å². The summed E-state index contributed by atoms with van der Waals surface area (Å²) >= 11 is 0. The van der Waals surface area contributed by atoms with Crippen LogP contribution in [0.1, 0.15) is 11.4 Å². The summed E-state index contributed by atoms with van der Waals surface area (Å²) in [6.45, 7) is 2.57. The predicted octanol–water partition coefficient (Wildman–Crippen LogP) is 1.88. The largest absolute Gasteiger partial charge is 0.256 e. The van der Waals surface area contributed by atoms with Crippen molar-refractivity contribution in [2.24, 2.45) is 0 Å². The topological polar surface area (TPSA) is 98.1 Å². The lowest BCUT2D eigenvalue weighted by molar-refractivity contribution is 0.659. The Hall–Kier alpha value is -3.42. The molecular weight excluding hydrogens is 304 g/mol. The van der Waals surface area contributed by atoms with E-state index in [1.165, 1.54) is 0 Å². The molecule has 0 saturated heterocycles. The Morgan fingerprint density at radius 1 is 1.04 bits per heavy atom. The SMILES string of the molecule is Cc1ncnn1Cc1ccc(-c2ccccc2-c2nn[nH]n2)nc1. The Kier molecular flexibility index (Phi) is 3.54. The summed E-state index contributed by atoms with van der Waals surface area (Å²) in [6.07, 6.45) is 3.40. The summed E-state index contributed by atoms with van der Waals surface area (Å²) < 4.78 is 1.84. The zero-order valence-electron chi connectivity index (χ0n) is 13.0. The van der Waals surface area contributed by atoms with Crippen LogP contribution < -0.4 is 0 Å². The molecule has 0 fully saturated rings. The summed E-state index contributed by atoms with van der Waals surface area (Å²) in [5.41, 5.74) is 3.76. The van der Waals surface area contributed by atoms with Crippen LogP contribution in [-0.2, 0) is 6.54 Å². The zero-order valence-corrected chi connectivity index (χ0v) is 13.0. The van der Waals surface area contributed by atoms with Crippen LogP contribution in [0.15, 0.2) is 48.9 Å². The molecule has 0 saturated carbocycles. The minimum atomic E-state index is 0.551. The van der Waals surface area contributed by atoms with Gasteiger partial charge in [-0.2, -0.15) is 10.3 Å². The van der Waals surface area contributed by atoms with Crippen molar-refractivity contribution in [3.05, 3.63) is 60.3 Å². The third kappa shape index (κ3) is 2.65. The van der Waals surface area contributed by atoms with Gasteiger partial charge in [0, 0.05) is 17.3 Å². The zero-order chi connectivity index (χ0) is 16.4. The Labute approximate surface area is 137 Å². The normalized spacial score (nSPS) is 10.9. The quantitative estimate of drug-likeness (QED) is 0.617. The molecule has 3 aromatic heterocycles. The molecule has 0 atom stereocenters. The fraction of sp³-hybridized carbons (Fsp3) is 0.125. The van der Waals surface area contributed by atoms with Crippen LogP contribution in [0.25, 0.3) is 22.6 Å². The van der Waals surface area contributed by atoms with Crippen LogP contribution >= 0.6 is 0 Å². The van der Waals surface area contributed by atoms with E-state index in [1.54, 1.807) is 6.33 Å². The molecule has 0 spiro atoms. The Balaban J connectivity index is 1.65. The molecule has 3 heterocycles. The van der Waals surface area contributed by atoms with E-state index < -0.39 is 0 Å². The minimum Gasteiger partial charge on any atom is -0.256 e. The average molecular weight is 318 g/mol. The van der Waals surface area contributed by atoms with E-state index in [1.807, 2.05) is 54.2 Å². The van der Waals surface area contributed by atoms with Crippen LogP contribution in [0.3, 0.4) is 0 Å². The maximum Gasteiger partial charge on any atom is 0.205 e. The molecule has 118 valence electrons. The maximum absolute atomic E-state index is 4.58. The third-order valence-electron chi connectivity index (χ3n) is 3.76. The molecule has 24 heavy (non-hydrogen) atoms. The highest BCUT2D eigenvalue weighted by Gasteiger charge is 2.11. The summed E-state index contributed by atoms with van der Waals surface area (Å²) in [6, 6.07) is 11.9. The minimum absolute atomic E-state index is 0.551. The summed E-state index contributed by atoms with van der Waals surface area (Å²) in [5.74, 6) is 1.43. The van der Waals surface area contributed by atoms with Gasteiger partial charge in [-0.1, -0.05) is 30.3 Å². The number of H-pyrrole nitrogens is 1. The highest BCUT2D eigenvalue weighted by Crippen LogP contribution is 2.28. The molecule has 4 rings (SSSR count). The molecular formula is C16H14N8. The molecule has 4 aromatic rings. The number of aromatic amines is 1. The number of aryl methyl sites for hydroxylation is 1. The number of tetrazole rings is 1. The van der Waals surface area contributed by atoms with Gasteiger partial charge in [0.15, 0.2) is 0 Å². The molecule has 0 aliphatic heterocycles. The van der Waals surface area contributed by atoms with Crippen LogP contribution in [0, 0.1) is 6.92 Å². The monoisotopic (exact) mass is 318 g/mol. The van der Waals surface area contributed by atoms with E-state index in [0.29, 0.717) is 12.4 Å². The number of benzene rings is 1. The molecule has 0 bridgehead atoms. The van der Waals surface area contributed by atoms with Gasteiger partial charge >= 0.3 is 0 Å². The molecule has 0 radical (unpaired) electrons. The van der Waals surface area contributed by atoms with E-state index in [0.717, 1.165) is 28.2 Å². The van der Waals surface area contributed by atoms with Gasteiger partial charge in [-0.3, -0.25) is 4.98 Å². The van der Waals surface area contributed by atoms with Crippen LogP contribution in [-0.4, -0.2) is 40.4 Å². The fourth-order valence-corrected chi connectivity index (χ4v) is 2.50. The number of hydrogen-bond donors (Lipinski definition) is 1. The van der Waals surface area contributed by atoms with Crippen molar-refractivity contribution >= 4 is 0 Å². The van der Waals surface area contributed by atoms with E-state index in [-0.39, 0.29) is 0 Å². The highest BCUT2D eigenvalue weighted by atomic mass is 15.5. The lowest BCUT2D eigenvalue weighted by Crippen LogP contribution is -2.04. The molecule has 0 aliphatic rings. The molecule has 8 nitrogen and oxygen atoms in total. The second-order valence-electron chi connectivity index (χ2n) is 5.30. The second-order valence-corrected chi connectivity index (χ2v) is 5.30. The van der Waals surface area contributed by atoms with Crippen LogP contribution in [0.4, 0.5) is 0 Å². The highest BCUT2D eigenvalue weighted by molar-refractivity contribution is 5.78. The van der Waals surface area contributed by atoms with Gasteiger partial charge in [-0.15, -0.1) is 10.2 Å². The standard InChI is InChI=1S/C16H14N8/c1-11-18-10-19-24(11)9-12-6-7-15(17-8-12)13-4-2-3-5-14(13)16-20-22-23-21-16/h2-8,10H,9H2,1H3,(H,20,21,22,23). The number of nitrogens with zero attached hydrogens (tertiary/aromatic N) is 7. The third-order valence-corrected chi connectivity index (χ3v) is 3.76. The summed E-state index contributed by atoms with van der Waals surface area (Å²) in [7, 11) is 0. The lowest BCUT2D eigenvalue weighted by atomic mass is 10.0. The van der Waals surface area contributed by atoms with E-state index in [9.17, 15) is 0 Å². The van der Waals surface area contributed by atoms with Gasteiger partial charge in [0.05, 0.1) is 12.2 Å². The number of nitrogens with one attached hydrogen (secondary N) is 1. The number of rotatable bonds is 4. The predicted molar refractivity (Wildman–Crippen MR) is 86.7 cm³/mol. The van der Waals surface area contributed by atoms with Gasteiger partial charge in [0.25, 0.3) is 0 Å². The second kappa shape index (κ2) is 5.99. The smallest absolute Gasteiger partial charge is 0.205 e. The molecule has 0 unspecified atom stereocenters. The Morgan fingerprint density at radius 2 is 1.92 bits per heavy atom. The van der Waals surface area contributed by atoms with E-state index >= 15 is 0 Å². The molecule has 0 aliphatic carbocycles. The first-order valence-corrected chi connectivity index (χ1v) is 7.44. The van der Waals surface area contributed by atoms with Crippen molar-refractivity contribution in [2.75, 3.05) is 0 Å². The van der Waals surface area contributed by atoms with Crippen molar-refractivity contribution in [2.45, 2.75) is 13.5 Å². The van der Waals surface area contributed by atoms with Gasteiger partial charge in [-0.25, -0.2) is 9.67 Å². The molecule has 8 heteroatoms. The van der Waals surface area contributed by atoms with Gasteiger partial charge in [-0.05, 0) is 23.8 Å².